The van der Waals surface area contributed by atoms with Crippen molar-refractivity contribution in [3.8, 4) is 0 Å². The zero-order chi connectivity index (χ0) is 44.7. The summed E-state index contributed by atoms with van der Waals surface area (Å²) in [6.45, 7) is 18.3. The second-order valence-corrected chi connectivity index (χ2v) is 19.4. The zero-order valence-electron chi connectivity index (χ0n) is 38.8. The summed E-state index contributed by atoms with van der Waals surface area (Å²) in [6.07, 6.45) is 0. The first-order chi connectivity index (χ1) is 31.5. The van der Waals surface area contributed by atoms with Crippen LogP contribution in [0.1, 0.15) is 101 Å². The van der Waals surface area contributed by atoms with Crippen molar-refractivity contribution in [1.29, 1.82) is 0 Å². The highest BCUT2D eigenvalue weighted by Gasteiger charge is 2.44. The van der Waals surface area contributed by atoms with E-state index in [1.54, 1.807) is 0 Å². The van der Waals surface area contributed by atoms with Gasteiger partial charge in [-0.2, -0.15) is 0 Å². The fraction of sp³-hybridized carbons (Fsp3) is 0.200. The van der Waals surface area contributed by atoms with Crippen LogP contribution in [0.2, 0.25) is 0 Å². The third kappa shape index (κ3) is 6.74. The number of rotatable bonds is 9. The van der Waals surface area contributed by atoms with Crippen LogP contribution in [0.3, 0.4) is 0 Å². The molecule has 0 fully saturated rings. The van der Waals surface area contributed by atoms with Gasteiger partial charge in [0.15, 0.2) is 5.58 Å². The second kappa shape index (κ2) is 15.9. The fourth-order valence-corrected chi connectivity index (χ4v) is 10.3. The van der Waals surface area contributed by atoms with Crippen LogP contribution in [0.4, 0.5) is 51.2 Å². The SMILES string of the molecule is CC(C)c1ccc(N2c3cc(C(C)C)ccc3B3c4ccc(C(C)C)cc4N(c4ccc(C(C)C)cc4)c4cc(N(c5ccccc5)c5cccc6c5oc5ccccc56)cc2c43)cc1. The minimum atomic E-state index is 0.00262. The Morgan fingerprint density at radius 2 is 0.892 bits per heavy atom. The van der Waals surface area contributed by atoms with E-state index < -0.39 is 0 Å². The van der Waals surface area contributed by atoms with E-state index in [1.165, 1.54) is 61.4 Å². The van der Waals surface area contributed by atoms with Gasteiger partial charge in [-0.3, -0.25) is 0 Å². The van der Waals surface area contributed by atoms with Crippen LogP contribution < -0.4 is 31.1 Å². The molecule has 0 spiro atoms. The van der Waals surface area contributed by atoms with Crippen LogP contribution >= 0.6 is 0 Å². The summed E-state index contributed by atoms with van der Waals surface area (Å²) >= 11 is 0. The molecular weight excluding hydrogens is 789 g/mol. The minimum Gasteiger partial charge on any atom is -0.454 e. The van der Waals surface area contributed by atoms with E-state index in [9.17, 15) is 0 Å². The van der Waals surface area contributed by atoms with Gasteiger partial charge in [-0.25, -0.2) is 0 Å². The van der Waals surface area contributed by atoms with E-state index >= 15 is 0 Å². The van der Waals surface area contributed by atoms with Crippen molar-refractivity contribution in [1.82, 2.24) is 0 Å². The van der Waals surface area contributed by atoms with Crippen LogP contribution in [0.25, 0.3) is 21.9 Å². The average Bonchev–Trinajstić information content (AvgIpc) is 3.71. The summed E-state index contributed by atoms with van der Waals surface area (Å²) in [5, 5.41) is 2.21. The van der Waals surface area contributed by atoms with Crippen LogP contribution in [0, 0.1) is 0 Å². The van der Waals surface area contributed by atoms with Crippen molar-refractivity contribution in [3.63, 3.8) is 0 Å². The Morgan fingerprint density at radius 3 is 1.42 bits per heavy atom. The predicted octanol–water partition coefficient (Wildman–Crippen LogP) is 15.6. The maximum atomic E-state index is 6.85. The van der Waals surface area contributed by atoms with Gasteiger partial charge in [-0.05, 0) is 135 Å². The van der Waals surface area contributed by atoms with Crippen molar-refractivity contribution in [2.24, 2.45) is 0 Å². The van der Waals surface area contributed by atoms with Gasteiger partial charge in [0.25, 0.3) is 6.71 Å². The van der Waals surface area contributed by atoms with Crippen molar-refractivity contribution < 1.29 is 4.42 Å². The number of nitrogens with zero attached hydrogens (tertiary/aromatic N) is 3. The monoisotopic (exact) mass is 845 g/mol. The molecule has 0 N–H and O–H groups in total. The highest BCUT2D eigenvalue weighted by Crippen LogP contribution is 2.50. The van der Waals surface area contributed by atoms with Gasteiger partial charge in [0.2, 0.25) is 0 Å². The Labute approximate surface area is 384 Å². The number of hydrogen-bond acceptors (Lipinski definition) is 4. The summed E-state index contributed by atoms with van der Waals surface area (Å²) in [7, 11) is 0. The normalized spacial score (nSPS) is 13.1. The van der Waals surface area contributed by atoms with E-state index in [0.717, 1.165) is 50.4 Å². The lowest BCUT2D eigenvalue weighted by molar-refractivity contribution is 0.669. The molecule has 65 heavy (non-hydrogen) atoms. The molecule has 11 rings (SSSR count). The quantitative estimate of drug-likeness (QED) is 0.135. The molecule has 0 amide bonds. The van der Waals surface area contributed by atoms with Gasteiger partial charge in [0.1, 0.15) is 5.58 Å². The van der Waals surface area contributed by atoms with Crippen molar-refractivity contribution in [2.75, 3.05) is 14.7 Å². The van der Waals surface area contributed by atoms with Crippen LogP contribution in [-0.4, -0.2) is 6.71 Å². The molecular formula is C60H56BN3O. The summed E-state index contributed by atoms with van der Waals surface area (Å²) < 4.78 is 6.85. The van der Waals surface area contributed by atoms with Crippen molar-refractivity contribution in [2.45, 2.75) is 79.1 Å². The molecule has 9 aromatic rings. The van der Waals surface area contributed by atoms with Gasteiger partial charge in [-0.1, -0.05) is 152 Å². The van der Waals surface area contributed by atoms with E-state index in [2.05, 4.69) is 240 Å². The van der Waals surface area contributed by atoms with Gasteiger partial charge in [-0.15, -0.1) is 0 Å². The number of hydrogen-bond donors (Lipinski definition) is 0. The molecule has 0 aliphatic carbocycles. The highest BCUT2D eigenvalue weighted by atomic mass is 16.3. The Kier molecular flexibility index (Phi) is 9.99. The van der Waals surface area contributed by atoms with Crippen molar-refractivity contribution in [3.05, 3.63) is 192 Å². The van der Waals surface area contributed by atoms with Gasteiger partial charge in [0.05, 0.1) is 11.4 Å². The molecule has 0 saturated heterocycles. The summed E-state index contributed by atoms with van der Waals surface area (Å²) in [6, 6.07) is 63.8. The Hall–Kier alpha value is -6.98. The summed E-state index contributed by atoms with van der Waals surface area (Å²) in [5.41, 5.74) is 21.2. The first kappa shape index (κ1) is 40.8. The topological polar surface area (TPSA) is 22.9 Å². The first-order valence-electron chi connectivity index (χ1n) is 23.6. The molecule has 2 aliphatic heterocycles. The minimum absolute atomic E-state index is 0.00262. The summed E-state index contributed by atoms with van der Waals surface area (Å²) in [4.78, 5) is 7.53. The van der Waals surface area contributed by atoms with Crippen LogP contribution in [0.15, 0.2) is 174 Å². The standard InChI is InChI=1S/C60H56BN3O/c1-37(2)41-21-27-46(28-22-41)63-54-33-43(39(5)6)25-31-51(54)61-52-32-26-44(40(7)8)34-55(52)64(47-29-23-42(24-30-47)38(3)4)57-36-48(35-56(63)59(57)61)62(45-15-10-9-11-16-45)53-19-14-18-50-49-17-12-13-20-58(49)65-60(50)53/h9-40H,1-8H3. The number of anilines is 9. The van der Waals surface area contributed by atoms with Crippen LogP contribution in [-0.2, 0) is 0 Å². The Morgan fingerprint density at radius 1 is 0.415 bits per heavy atom. The molecule has 5 heteroatoms. The largest absolute Gasteiger partial charge is 0.454 e. The number of para-hydroxylation sites is 3. The molecule has 0 radical (unpaired) electrons. The van der Waals surface area contributed by atoms with Gasteiger partial charge < -0.3 is 19.1 Å². The predicted molar refractivity (Wildman–Crippen MR) is 279 cm³/mol. The summed E-state index contributed by atoms with van der Waals surface area (Å²) in [5.74, 6) is 1.58. The van der Waals surface area contributed by atoms with Gasteiger partial charge in [0, 0.05) is 50.6 Å². The van der Waals surface area contributed by atoms with E-state index in [0.29, 0.717) is 23.7 Å². The molecule has 0 unspecified atom stereocenters. The Bertz CT molecular complexity index is 3100. The molecule has 0 saturated carbocycles. The van der Waals surface area contributed by atoms with Crippen LogP contribution in [0.5, 0.6) is 0 Å². The second-order valence-electron chi connectivity index (χ2n) is 19.4. The average molecular weight is 846 g/mol. The highest BCUT2D eigenvalue weighted by molar-refractivity contribution is 7.00. The number of benzene rings is 8. The molecule has 4 nitrogen and oxygen atoms in total. The molecule has 8 aromatic carbocycles. The number of furan rings is 1. The first-order valence-corrected chi connectivity index (χ1v) is 23.6. The Balaban J connectivity index is 1.27. The van der Waals surface area contributed by atoms with E-state index in [4.69, 9.17) is 4.42 Å². The molecule has 3 heterocycles. The third-order valence-electron chi connectivity index (χ3n) is 14.0. The van der Waals surface area contributed by atoms with Gasteiger partial charge >= 0.3 is 0 Å². The third-order valence-corrected chi connectivity index (χ3v) is 14.0. The lowest BCUT2D eigenvalue weighted by Gasteiger charge is -2.45. The zero-order valence-corrected chi connectivity index (χ0v) is 38.8. The fourth-order valence-electron chi connectivity index (χ4n) is 10.3. The molecule has 1 aromatic heterocycles. The van der Waals surface area contributed by atoms with E-state index in [1.807, 2.05) is 0 Å². The van der Waals surface area contributed by atoms with E-state index in [-0.39, 0.29) is 6.71 Å². The maximum Gasteiger partial charge on any atom is 0.252 e. The molecule has 2 aliphatic rings. The lowest BCUT2D eigenvalue weighted by atomic mass is 9.33. The molecule has 0 atom stereocenters. The molecule has 320 valence electrons. The number of fused-ring (bicyclic) bond motifs is 7. The molecule has 0 bridgehead atoms. The smallest absolute Gasteiger partial charge is 0.252 e. The lowest BCUT2D eigenvalue weighted by Crippen LogP contribution is -2.61. The maximum absolute atomic E-state index is 6.85. The van der Waals surface area contributed by atoms with Crippen molar-refractivity contribution >= 4 is 96.2 Å².